The van der Waals surface area contributed by atoms with Crippen LogP contribution in [0.1, 0.15) is 23.2 Å². The highest BCUT2D eigenvalue weighted by Gasteiger charge is 2.22. The predicted octanol–water partition coefficient (Wildman–Crippen LogP) is 1.43. The van der Waals surface area contributed by atoms with Crippen molar-refractivity contribution in [3.05, 3.63) is 17.0 Å². The molecule has 1 aliphatic heterocycles. The number of thiophene rings is 1. The van der Waals surface area contributed by atoms with Crippen LogP contribution < -0.4 is 5.32 Å². The van der Waals surface area contributed by atoms with E-state index in [1.807, 2.05) is 0 Å². The third kappa shape index (κ3) is 2.80. The van der Waals surface area contributed by atoms with Crippen LogP contribution in [0.4, 0.5) is 9.80 Å². The van der Waals surface area contributed by atoms with Crippen molar-refractivity contribution in [2.75, 3.05) is 18.4 Å². The lowest BCUT2D eigenvalue weighted by Gasteiger charge is -2.29. The maximum absolute atomic E-state index is 11.9. The van der Waals surface area contributed by atoms with Crippen molar-refractivity contribution in [3.8, 4) is 0 Å². The number of carboxylic acids is 1. The highest BCUT2D eigenvalue weighted by Crippen LogP contribution is 2.24. The fourth-order valence-electron chi connectivity index (χ4n) is 1.82. The van der Waals surface area contributed by atoms with E-state index in [4.69, 9.17) is 5.11 Å². The molecule has 2 heterocycles. The summed E-state index contributed by atoms with van der Waals surface area (Å²) in [6, 6.07) is 1.15. The topological polar surface area (TPSA) is 89.9 Å². The van der Waals surface area contributed by atoms with E-state index in [9.17, 15) is 14.7 Å². The molecule has 6 nitrogen and oxygen atoms in total. The number of hydrogen-bond donors (Lipinski definition) is 3. The van der Waals surface area contributed by atoms with Crippen molar-refractivity contribution in [2.24, 2.45) is 0 Å². The van der Waals surface area contributed by atoms with E-state index in [1.54, 1.807) is 10.3 Å². The average molecular weight is 270 g/mol. The molecule has 2 rings (SSSR count). The third-order valence-electron chi connectivity index (χ3n) is 2.87. The summed E-state index contributed by atoms with van der Waals surface area (Å²) >= 11 is 1.18. The maximum Gasteiger partial charge on any atom is 0.338 e. The van der Waals surface area contributed by atoms with Gasteiger partial charge in [-0.15, -0.1) is 11.3 Å². The van der Waals surface area contributed by atoms with Crippen molar-refractivity contribution in [2.45, 2.75) is 18.9 Å². The third-order valence-corrected chi connectivity index (χ3v) is 3.70. The number of carboxylic acid groups (broad SMARTS) is 1. The number of anilines is 1. The summed E-state index contributed by atoms with van der Waals surface area (Å²) in [5.41, 5.74) is 0.102. The van der Waals surface area contributed by atoms with E-state index in [0.717, 1.165) is 0 Å². The first kappa shape index (κ1) is 12.8. The van der Waals surface area contributed by atoms with Gasteiger partial charge in [-0.2, -0.15) is 0 Å². The van der Waals surface area contributed by atoms with Gasteiger partial charge in [-0.1, -0.05) is 0 Å². The second-order valence-electron chi connectivity index (χ2n) is 4.12. The van der Waals surface area contributed by atoms with Gasteiger partial charge in [0, 0.05) is 13.1 Å². The lowest BCUT2D eigenvalue weighted by Crippen LogP contribution is -2.42. The lowest BCUT2D eigenvalue weighted by atomic mass is 10.1. The number of urea groups is 1. The Kier molecular flexibility index (Phi) is 3.83. The van der Waals surface area contributed by atoms with E-state index in [0.29, 0.717) is 30.9 Å². The number of carbonyl (C=O) groups excluding carboxylic acids is 1. The Balaban J connectivity index is 1.98. The molecule has 0 atom stereocenters. The number of rotatable bonds is 2. The minimum atomic E-state index is -1.05. The van der Waals surface area contributed by atoms with Crippen LogP contribution in [0.25, 0.3) is 0 Å². The molecule has 0 aliphatic carbocycles. The van der Waals surface area contributed by atoms with Gasteiger partial charge in [-0.25, -0.2) is 9.59 Å². The van der Waals surface area contributed by atoms with Crippen LogP contribution in [0.3, 0.4) is 0 Å². The van der Waals surface area contributed by atoms with Crippen LogP contribution in [0.2, 0.25) is 0 Å². The van der Waals surface area contributed by atoms with Crippen molar-refractivity contribution < 1.29 is 19.8 Å². The van der Waals surface area contributed by atoms with Gasteiger partial charge >= 0.3 is 12.0 Å². The number of carbonyl (C=O) groups is 2. The highest BCUT2D eigenvalue weighted by atomic mass is 32.1. The second kappa shape index (κ2) is 5.36. The lowest BCUT2D eigenvalue weighted by molar-refractivity contribution is 0.0698. The number of nitrogens with zero attached hydrogens (tertiary/aromatic N) is 1. The molecule has 1 saturated heterocycles. The Hall–Kier alpha value is -1.60. The first-order valence-electron chi connectivity index (χ1n) is 5.62. The van der Waals surface area contributed by atoms with Crippen LogP contribution in [0, 0.1) is 0 Å². The van der Waals surface area contributed by atoms with Crippen LogP contribution in [0.15, 0.2) is 11.4 Å². The molecule has 1 aromatic rings. The zero-order valence-electron chi connectivity index (χ0n) is 9.63. The largest absolute Gasteiger partial charge is 0.478 e. The summed E-state index contributed by atoms with van der Waals surface area (Å²) in [6.07, 6.45) is 0.776. The Labute approximate surface area is 108 Å². The number of aliphatic hydroxyl groups is 1. The predicted molar refractivity (Wildman–Crippen MR) is 67.1 cm³/mol. The van der Waals surface area contributed by atoms with E-state index < -0.39 is 5.97 Å². The van der Waals surface area contributed by atoms with Gasteiger partial charge in [0.25, 0.3) is 0 Å². The summed E-state index contributed by atoms with van der Waals surface area (Å²) in [6.45, 7) is 0.974. The van der Waals surface area contributed by atoms with E-state index >= 15 is 0 Å². The van der Waals surface area contributed by atoms with Crippen molar-refractivity contribution in [1.29, 1.82) is 0 Å². The Morgan fingerprint density at radius 3 is 2.67 bits per heavy atom. The quantitative estimate of drug-likeness (QED) is 0.758. The summed E-state index contributed by atoms with van der Waals surface area (Å²) in [5, 5.41) is 22.8. The molecule has 0 spiro atoms. The standard InChI is InChI=1S/C11H14N2O4S/c14-7-1-4-13(5-2-7)11(17)12-9-8(10(15)16)3-6-18-9/h3,6-7,14H,1-2,4-5H2,(H,12,17)(H,15,16). The Morgan fingerprint density at radius 1 is 1.39 bits per heavy atom. The van der Waals surface area contributed by atoms with Gasteiger partial charge in [0.15, 0.2) is 0 Å². The van der Waals surface area contributed by atoms with Gasteiger partial charge < -0.3 is 15.1 Å². The molecule has 18 heavy (non-hydrogen) atoms. The van der Waals surface area contributed by atoms with E-state index in [2.05, 4.69) is 5.32 Å². The second-order valence-corrected chi connectivity index (χ2v) is 5.03. The Morgan fingerprint density at radius 2 is 2.06 bits per heavy atom. The van der Waals surface area contributed by atoms with Crippen molar-refractivity contribution in [3.63, 3.8) is 0 Å². The minimum absolute atomic E-state index is 0.102. The molecule has 98 valence electrons. The van der Waals surface area contributed by atoms with Crippen LogP contribution >= 0.6 is 11.3 Å². The molecular weight excluding hydrogens is 256 g/mol. The normalized spacial score (nSPS) is 16.6. The van der Waals surface area contributed by atoms with Crippen LogP contribution in [-0.4, -0.2) is 46.3 Å². The zero-order chi connectivity index (χ0) is 13.1. The summed E-state index contributed by atoms with van der Waals surface area (Å²) in [7, 11) is 0. The number of aromatic carboxylic acids is 1. The Bertz CT molecular complexity index is 452. The van der Waals surface area contributed by atoms with Crippen molar-refractivity contribution in [1.82, 2.24) is 4.90 Å². The molecule has 7 heteroatoms. The summed E-state index contributed by atoms with van der Waals surface area (Å²) < 4.78 is 0. The molecule has 0 aromatic carbocycles. The zero-order valence-corrected chi connectivity index (χ0v) is 10.4. The van der Waals surface area contributed by atoms with Gasteiger partial charge in [-0.05, 0) is 24.3 Å². The number of piperidine rings is 1. The van der Waals surface area contributed by atoms with Gasteiger partial charge in [0.2, 0.25) is 0 Å². The first-order chi connectivity index (χ1) is 8.58. The molecule has 0 saturated carbocycles. The molecule has 0 radical (unpaired) electrons. The first-order valence-corrected chi connectivity index (χ1v) is 6.50. The van der Waals surface area contributed by atoms with E-state index in [1.165, 1.54) is 17.4 Å². The monoisotopic (exact) mass is 270 g/mol. The number of nitrogens with one attached hydrogen (secondary N) is 1. The fourth-order valence-corrected chi connectivity index (χ4v) is 2.59. The number of hydrogen-bond acceptors (Lipinski definition) is 4. The van der Waals surface area contributed by atoms with Gasteiger partial charge in [-0.3, -0.25) is 5.32 Å². The smallest absolute Gasteiger partial charge is 0.338 e. The maximum atomic E-state index is 11.9. The molecule has 1 fully saturated rings. The van der Waals surface area contributed by atoms with Gasteiger partial charge in [0.1, 0.15) is 5.00 Å². The molecule has 1 aromatic heterocycles. The minimum Gasteiger partial charge on any atom is -0.478 e. The number of aliphatic hydroxyl groups excluding tert-OH is 1. The molecule has 1 aliphatic rings. The van der Waals surface area contributed by atoms with Gasteiger partial charge in [0.05, 0.1) is 11.7 Å². The average Bonchev–Trinajstić information content (AvgIpc) is 2.78. The molecule has 0 unspecified atom stereocenters. The van der Waals surface area contributed by atoms with E-state index in [-0.39, 0.29) is 17.7 Å². The molecule has 2 amide bonds. The fraction of sp³-hybridized carbons (Fsp3) is 0.455. The SMILES string of the molecule is O=C(O)c1ccsc1NC(=O)N1CCC(O)CC1. The highest BCUT2D eigenvalue weighted by molar-refractivity contribution is 7.14. The van der Waals surface area contributed by atoms with Crippen LogP contribution in [-0.2, 0) is 0 Å². The number of amides is 2. The van der Waals surface area contributed by atoms with Crippen molar-refractivity contribution >= 4 is 28.3 Å². The summed E-state index contributed by atoms with van der Waals surface area (Å²) in [4.78, 5) is 24.4. The van der Waals surface area contributed by atoms with Crippen LogP contribution in [0.5, 0.6) is 0 Å². The number of likely N-dealkylation sites (tertiary alicyclic amines) is 1. The molecule has 0 bridgehead atoms. The molecule has 3 N–H and O–H groups in total. The molecular formula is C11H14N2O4S. The summed E-state index contributed by atoms with van der Waals surface area (Å²) in [5.74, 6) is -1.05.